The van der Waals surface area contributed by atoms with Crippen molar-refractivity contribution in [2.24, 2.45) is 0 Å². The normalized spacial score (nSPS) is 15.6. The molecule has 0 saturated carbocycles. The molecule has 0 radical (unpaired) electrons. The molecule has 0 fully saturated rings. The maximum absolute atomic E-state index is 13.1. The Morgan fingerprint density at radius 2 is 2.10 bits per heavy atom. The molecule has 0 aliphatic carbocycles. The molecule has 6 nitrogen and oxygen atoms in total. The van der Waals surface area contributed by atoms with Crippen LogP contribution in [0.1, 0.15) is 36.6 Å². The molecule has 1 aliphatic heterocycles. The van der Waals surface area contributed by atoms with Gasteiger partial charge in [-0.1, -0.05) is 18.2 Å². The van der Waals surface area contributed by atoms with E-state index < -0.39 is 0 Å². The molecule has 150 valence electrons. The molecule has 4 rings (SSSR count). The number of hydrogen-bond acceptors (Lipinski definition) is 4. The van der Waals surface area contributed by atoms with E-state index in [0.717, 1.165) is 30.9 Å². The van der Waals surface area contributed by atoms with Gasteiger partial charge in [0.25, 0.3) is 0 Å². The second-order valence-corrected chi connectivity index (χ2v) is 7.21. The molecule has 1 atom stereocenters. The zero-order valence-corrected chi connectivity index (χ0v) is 16.1. The number of halogens is 1. The number of ether oxygens (including phenoxy) is 1. The third kappa shape index (κ3) is 4.99. The smallest absolute Gasteiger partial charge is 0.224 e. The van der Waals surface area contributed by atoms with Crippen LogP contribution in [0.4, 0.5) is 10.1 Å². The Morgan fingerprint density at radius 1 is 1.24 bits per heavy atom. The summed E-state index contributed by atoms with van der Waals surface area (Å²) < 4.78 is 20.7. The second-order valence-electron chi connectivity index (χ2n) is 7.21. The SMILES string of the molecule is O=C(CCCOc1cccc(F)c1)Nc1ccc([C@H]2CCc3nncn3C2)cc1. The third-order valence-corrected chi connectivity index (χ3v) is 5.11. The van der Waals surface area contributed by atoms with Gasteiger partial charge in [0, 0.05) is 37.1 Å². The van der Waals surface area contributed by atoms with E-state index in [1.807, 2.05) is 12.1 Å². The first-order chi connectivity index (χ1) is 14.2. The third-order valence-electron chi connectivity index (χ3n) is 5.11. The summed E-state index contributed by atoms with van der Waals surface area (Å²) in [5.41, 5.74) is 2.04. The van der Waals surface area contributed by atoms with Crippen LogP contribution < -0.4 is 10.1 Å². The minimum absolute atomic E-state index is 0.0626. The number of carbonyl (C=O) groups is 1. The minimum Gasteiger partial charge on any atom is -0.493 e. The molecular formula is C22H23FN4O2. The fraction of sp³-hybridized carbons (Fsp3) is 0.318. The highest BCUT2D eigenvalue weighted by Gasteiger charge is 2.20. The van der Waals surface area contributed by atoms with Crippen molar-refractivity contribution in [2.75, 3.05) is 11.9 Å². The van der Waals surface area contributed by atoms with Gasteiger partial charge in [0.15, 0.2) is 0 Å². The summed E-state index contributed by atoms with van der Waals surface area (Å²) in [5, 5.41) is 11.0. The van der Waals surface area contributed by atoms with Crippen molar-refractivity contribution < 1.29 is 13.9 Å². The highest BCUT2D eigenvalue weighted by Crippen LogP contribution is 2.28. The fourth-order valence-corrected chi connectivity index (χ4v) is 3.57. The number of aromatic nitrogens is 3. The van der Waals surface area contributed by atoms with E-state index in [9.17, 15) is 9.18 Å². The Hall–Kier alpha value is -3.22. The van der Waals surface area contributed by atoms with Crippen LogP contribution in [0, 0.1) is 5.82 Å². The number of amides is 1. The van der Waals surface area contributed by atoms with E-state index >= 15 is 0 Å². The van der Waals surface area contributed by atoms with Gasteiger partial charge in [-0.25, -0.2) is 4.39 Å². The van der Waals surface area contributed by atoms with Gasteiger partial charge in [0.05, 0.1) is 6.61 Å². The maximum Gasteiger partial charge on any atom is 0.224 e. The van der Waals surface area contributed by atoms with E-state index in [-0.39, 0.29) is 11.7 Å². The number of anilines is 1. The summed E-state index contributed by atoms with van der Waals surface area (Å²) in [6, 6.07) is 14.0. The molecule has 0 spiro atoms. The van der Waals surface area contributed by atoms with Crippen molar-refractivity contribution in [3.63, 3.8) is 0 Å². The Morgan fingerprint density at radius 3 is 2.93 bits per heavy atom. The van der Waals surface area contributed by atoms with E-state index in [4.69, 9.17) is 4.74 Å². The average molecular weight is 394 g/mol. The van der Waals surface area contributed by atoms with Gasteiger partial charge in [0.2, 0.25) is 5.91 Å². The van der Waals surface area contributed by atoms with Crippen molar-refractivity contribution in [2.45, 2.75) is 38.1 Å². The van der Waals surface area contributed by atoms with Crippen LogP contribution in [0.2, 0.25) is 0 Å². The molecule has 7 heteroatoms. The molecule has 1 N–H and O–H groups in total. The van der Waals surface area contributed by atoms with Gasteiger partial charge in [-0.05, 0) is 42.7 Å². The van der Waals surface area contributed by atoms with Gasteiger partial charge in [0.1, 0.15) is 23.7 Å². The van der Waals surface area contributed by atoms with Crippen LogP contribution >= 0.6 is 0 Å². The standard InChI is InChI=1S/C22H23FN4O2/c23-18-3-1-4-20(13-18)29-12-2-5-22(28)25-19-9-6-16(7-10-19)17-8-11-21-26-24-15-27(21)14-17/h1,3-4,6-7,9-10,13,15,17H,2,5,8,11-12,14H2,(H,25,28)/t17-/m0/s1. The molecule has 0 saturated heterocycles. The number of aryl methyl sites for hydroxylation is 1. The predicted molar refractivity (Wildman–Crippen MR) is 107 cm³/mol. The number of nitrogens with zero attached hydrogens (tertiary/aromatic N) is 3. The molecule has 2 heterocycles. The summed E-state index contributed by atoms with van der Waals surface area (Å²) in [5.74, 6) is 1.56. The van der Waals surface area contributed by atoms with Crippen molar-refractivity contribution in [1.82, 2.24) is 14.8 Å². The van der Waals surface area contributed by atoms with E-state index in [2.05, 4.69) is 32.2 Å². The average Bonchev–Trinajstić information content (AvgIpc) is 3.20. The van der Waals surface area contributed by atoms with E-state index in [1.165, 1.54) is 17.7 Å². The first-order valence-corrected chi connectivity index (χ1v) is 9.82. The van der Waals surface area contributed by atoms with Crippen LogP contribution in [0.25, 0.3) is 0 Å². The lowest BCUT2D eigenvalue weighted by Crippen LogP contribution is -2.18. The van der Waals surface area contributed by atoms with Crippen molar-refractivity contribution >= 4 is 11.6 Å². The Bertz CT molecular complexity index is 971. The van der Waals surface area contributed by atoms with Crippen LogP contribution in [-0.2, 0) is 17.8 Å². The van der Waals surface area contributed by atoms with Crippen molar-refractivity contribution in [3.8, 4) is 5.75 Å². The number of carbonyl (C=O) groups excluding carboxylic acids is 1. The van der Waals surface area contributed by atoms with E-state index in [1.54, 1.807) is 18.5 Å². The van der Waals surface area contributed by atoms with Gasteiger partial charge in [-0.3, -0.25) is 4.79 Å². The number of hydrogen-bond donors (Lipinski definition) is 1. The van der Waals surface area contributed by atoms with Crippen LogP contribution in [0.5, 0.6) is 5.75 Å². The summed E-state index contributed by atoms with van der Waals surface area (Å²) in [7, 11) is 0. The van der Waals surface area contributed by atoms with Gasteiger partial charge in [-0.15, -0.1) is 10.2 Å². The first-order valence-electron chi connectivity index (χ1n) is 9.82. The minimum atomic E-state index is -0.334. The van der Waals surface area contributed by atoms with Crippen molar-refractivity contribution in [1.29, 1.82) is 0 Å². The predicted octanol–water partition coefficient (Wildman–Crippen LogP) is 3.94. The second kappa shape index (κ2) is 8.86. The van der Waals surface area contributed by atoms with Gasteiger partial charge in [-0.2, -0.15) is 0 Å². The number of fused-ring (bicyclic) bond motifs is 1. The molecule has 1 aromatic heterocycles. The summed E-state index contributed by atoms with van der Waals surface area (Å²) in [6.45, 7) is 1.25. The summed E-state index contributed by atoms with van der Waals surface area (Å²) in [6.07, 6.45) is 4.67. The van der Waals surface area contributed by atoms with Crippen LogP contribution in [0.15, 0.2) is 54.9 Å². The highest BCUT2D eigenvalue weighted by molar-refractivity contribution is 5.90. The van der Waals surface area contributed by atoms with E-state index in [0.29, 0.717) is 31.1 Å². The Labute approximate surface area is 168 Å². The summed E-state index contributed by atoms with van der Waals surface area (Å²) >= 11 is 0. The molecule has 2 aromatic carbocycles. The highest BCUT2D eigenvalue weighted by atomic mass is 19.1. The zero-order valence-electron chi connectivity index (χ0n) is 16.1. The molecule has 0 bridgehead atoms. The monoisotopic (exact) mass is 394 g/mol. The van der Waals surface area contributed by atoms with Crippen LogP contribution in [-0.4, -0.2) is 27.3 Å². The first kappa shape index (κ1) is 19.1. The lowest BCUT2D eigenvalue weighted by atomic mass is 9.91. The Balaban J connectivity index is 1.22. The van der Waals surface area contributed by atoms with Gasteiger partial charge >= 0.3 is 0 Å². The lowest BCUT2D eigenvalue weighted by Gasteiger charge is -2.23. The molecular weight excluding hydrogens is 371 g/mol. The summed E-state index contributed by atoms with van der Waals surface area (Å²) in [4.78, 5) is 12.1. The molecule has 29 heavy (non-hydrogen) atoms. The number of nitrogens with one attached hydrogen (secondary N) is 1. The Kier molecular flexibility index (Phi) is 5.84. The maximum atomic E-state index is 13.1. The largest absolute Gasteiger partial charge is 0.493 e. The number of rotatable bonds is 7. The zero-order chi connectivity index (χ0) is 20.1. The molecule has 1 aliphatic rings. The topological polar surface area (TPSA) is 69.0 Å². The lowest BCUT2D eigenvalue weighted by molar-refractivity contribution is -0.116. The van der Waals surface area contributed by atoms with Crippen LogP contribution in [0.3, 0.4) is 0 Å². The fourth-order valence-electron chi connectivity index (χ4n) is 3.57. The van der Waals surface area contributed by atoms with Gasteiger partial charge < -0.3 is 14.6 Å². The molecule has 3 aromatic rings. The number of benzene rings is 2. The molecule has 0 unspecified atom stereocenters. The molecule has 1 amide bonds. The van der Waals surface area contributed by atoms with Crippen molar-refractivity contribution in [3.05, 3.63) is 72.1 Å². The quantitative estimate of drug-likeness (QED) is 0.616.